The van der Waals surface area contributed by atoms with Crippen molar-refractivity contribution in [1.29, 1.82) is 0 Å². The Balaban J connectivity index is 1.61. The van der Waals surface area contributed by atoms with Crippen molar-refractivity contribution in [2.45, 2.75) is 77.2 Å². The fourth-order valence-electron chi connectivity index (χ4n) is 5.26. The predicted octanol–water partition coefficient (Wildman–Crippen LogP) is 3.56. The second-order valence-corrected chi connectivity index (χ2v) is 9.89. The Morgan fingerprint density at radius 1 is 1.00 bits per heavy atom. The minimum Gasteiger partial charge on any atom is -0.382 e. The molecule has 0 saturated carbocycles. The number of nitrogens with zero attached hydrogens (tertiary/aromatic N) is 3. The summed E-state index contributed by atoms with van der Waals surface area (Å²) in [6.45, 7) is 7.49. The van der Waals surface area contributed by atoms with Gasteiger partial charge in [0, 0.05) is 45.0 Å². The molecule has 8 nitrogen and oxygen atoms in total. The molecule has 0 atom stereocenters. The summed E-state index contributed by atoms with van der Waals surface area (Å²) in [6.07, 6.45) is 8.12. The summed E-state index contributed by atoms with van der Waals surface area (Å²) in [7, 11) is 0. The number of amides is 3. The number of para-hydroxylation sites is 1. The van der Waals surface area contributed by atoms with Crippen LogP contribution in [0.15, 0.2) is 30.3 Å². The first kappa shape index (κ1) is 28.0. The van der Waals surface area contributed by atoms with Crippen LogP contribution < -0.4 is 10.2 Å². The third kappa shape index (κ3) is 7.21. The zero-order chi connectivity index (χ0) is 25.8. The molecule has 2 aliphatic rings. The normalized spacial score (nSPS) is 17.2. The largest absolute Gasteiger partial charge is 0.382 e. The summed E-state index contributed by atoms with van der Waals surface area (Å²) >= 11 is 0. The Kier molecular flexibility index (Phi) is 11.0. The summed E-state index contributed by atoms with van der Waals surface area (Å²) in [4.78, 5) is 44.9. The lowest BCUT2D eigenvalue weighted by Crippen LogP contribution is -2.57. The van der Waals surface area contributed by atoms with Gasteiger partial charge in [-0.3, -0.25) is 14.4 Å². The van der Waals surface area contributed by atoms with Crippen LogP contribution >= 0.6 is 0 Å². The molecule has 2 aliphatic heterocycles. The van der Waals surface area contributed by atoms with Gasteiger partial charge in [0.2, 0.25) is 11.8 Å². The molecule has 2 fully saturated rings. The molecule has 0 aromatic heterocycles. The highest BCUT2D eigenvalue weighted by molar-refractivity contribution is 5.96. The number of benzene rings is 1. The highest BCUT2D eigenvalue weighted by Gasteiger charge is 2.54. The van der Waals surface area contributed by atoms with Gasteiger partial charge in [-0.15, -0.1) is 0 Å². The second kappa shape index (κ2) is 14.2. The van der Waals surface area contributed by atoms with Crippen molar-refractivity contribution in [3.63, 3.8) is 0 Å². The van der Waals surface area contributed by atoms with E-state index in [0.717, 1.165) is 24.9 Å². The molecule has 0 bridgehead atoms. The fourth-order valence-corrected chi connectivity index (χ4v) is 5.26. The van der Waals surface area contributed by atoms with Gasteiger partial charge < -0.3 is 24.8 Å². The minimum atomic E-state index is -0.714. The molecule has 1 aromatic rings. The van der Waals surface area contributed by atoms with Gasteiger partial charge in [0.1, 0.15) is 12.1 Å². The maximum Gasteiger partial charge on any atom is 0.250 e. The molecule has 2 heterocycles. The van der Waals surface area contributed by atoms with Crippen molar-refractivity contribution in [3.8, 4) is 0 Å². The van der Waals surface area contributed by atoms with Crippen LogP contribution in [-0.2, 0) is 19.1 Å². The van der Waals surface area contributed by atoms with Crippen molar-refractivity contribution in [2.75, 3.05) is 51.0 Å². The van der Waals surface area contributed by atoms with Crippen LogP contribution in [0, 0.1) is 0 Å². The van der Waals surface area contributed by atoms with Gasteiger partial charge in [0.15, 0.2) is 0 Å². The molecule has 0 radical (unpaired) electrons. The Morgan fingerprint density at radius 3 is 2.42 bits per heavy atom. The summed E-state index contributed by atoms with van der Waals surface area (Å²) in [5, 5.41) is 2.90. The van der Waals surface area contributed by atoms with Gasteiger partial charge in [-0.25, -0.2) is 0 Å². The zero-order valence-electron chi connectivity index (χ0n) is 22.2. The Bertz CT molecular complexity index is 839. The first-order valence-corrected chi connectivity index (χ1v) is 13.8. The van der Waals surface area contributed by atoms with Gasteiger partial charge in [0.25, 0.3) is 5.91 Å². The number of rotatable bonds is 14. The molecule has 200 valence electrons. The van der Waals surface area contributed by atoms with E-state index in [9.17, 15) is 14.4 Å². The number of piperidine rings is 1. The third-order valence-corrected chi connectivity index (χ3v) is 7.35. The topological polar surface area (TPSA) is 82.2 Å². The molecule has 8 heteroatoms. The number of unbranched alkanes of at least 4 members (excludes halogenated alkanes) is 4. The van der Waals surface area contributed by atoms with E-state index in [-0.39, 0.29) is 24.3 Å². The summed E-state index contributed by atoms with van der Waals surface area (Å²) < 4.78 is 5.32. The molecule has 1 spiro atoms. The standard InChI is InChI=1S/C28H44N4O4/c1-3-5-6-7-11-15-26(34)30-19-16-28(17-20-30)27(35)31(22-25(33)29-18-12-21-36-4-2)23-32(28)24-13-9-8-10-14-24/h8-10,13-14H,3-7,11-12,15-23H2,1-2H3,(H,29,33). The van der Waals surface area contributed by atoms with E-state index in [2.05, 4.69) is 17.1 Å². The number of likely N-dealkylation sites (tertiary alicyclic amines) is 1. The quantitative estimate of drug-likeness (QED) is 0.395. The molecule has 3 rings (SSSR count). The van der Waals surface area contributed by atoms with Crippen LogP contribution in [0.3, 0.4) is 0 Å². The molecule has 1 aromatic carbocycles. The Labute approximate surface area is 216 Å². The van der Waals surface area contributed by atoms with Crippen molar-refractivity contribution in [3.05, 3.63) is 30.3 Å². The van der Waals surface area contributed by atoms with Gasteiger partial charge in [-0.2, -0.15) is 0 Å². The number of hydrogen-bond acceptors (Lipinski definition) is 5. The van der Waals surface area contributed by atoms with E-state index in [0.29, 0.717) is 58.8 Å². The molecule has 2 saturated heterocycles. The number of carbonyl (C=O) groups excluding carboxylic acids is 3. The van der Waals surface area contributed by atoms with Crippen LogP contribution in [0.1, 0.15) is 71.6 Å². The molecule has 3 amide bonds. The highest BCUT2D eigenvalue weighted by Crippen LogP contribution is 2.39. The van der Waals surface area contributed by atoms with E-state index < -0.39 is 5.54 Å². The van der Waals surface area contributed by atoms with Crippen LogP contribution in [-0.4, -0.2) is 79.1 Å². The second-order valence-electron chi connectivity index (χ2n) is 9.89. The Morgan fingerprint density at radius 2 is 1.72 bits per heavy atom. The maximum atomic E-state index is 13.7. The van der Waals surface area contributed by atoms with Crippen LogP contribution in [0.4, 0.5) is 5.69 Å². The summed E-state index contributed by atoms with van der Waals surface area (Å²) in [6, 6.07) is 9.93. The molecular weight excluding hydrogens is 456 g/mol. The van der Waals surface area contributed by atoms with Gasteiger partial charge in [-0.1, -0.05) is 50.8 Å². The first-order chi connectivity index (χ1) is 17.5. The lowest BCUT2D eigenvalue weighted by molar-refractivity contribution is -0.140. The number of ether oxygens (including phenoxy) is 1. The van der Waals surface area contributed by atoms with Crippen molar-refractivity contribution >= 4 is 23.4 Å². The van der Waals surface area contributed by atoms with Crippen molar-refractivity contribution in [1.82, 2.24) is 15.1 Å². The van der Waals surface area contributed by atoms with Gasteiger partial charge >= 0.3 is 0 Å². The van der Waals surface area contributed by atoms with Crippen LogP contribution in [0.5, 0.6) is 0 Å². The lowest BCUT2D eigenvalue weighted by Gasteiger charge is -2.43. The number of anilines is 1. The Hall–Kier alpha value is -2.61. The molecule has 1 N–H and O–H groups in total. The van der Waals surface area contributed by atoms with Gasteiger partial charge in [0.05, 0.1) is 6.67 Å². The number of hydrogen-bond donors (Lipinski definition) is 1. The smallest absolute Gasteiger partial charge is 0.250 e. The fraction of sp³-hybridized carbons (Fsp3) is 0.679. The average Bonchev–Trinajstić information content (AvgIpc) is 3.15. The number of carbonyl (C=O) groups is 3. The molecular formula is C28H44N4O4. The minimum absolute atomic E-state index is 0.0116. The summed E-state index contributed by atoms with van der Waals surface area (Å²) in [5.41, 5.74) is 0.260. The van der Waals surface area contributed by atoms with Crippen LogP contribution in [0.2, 0.25) is 0 Å². The van der Waals surface area contributed by atoms with Crippen molar-refractivity contribution < 1.29 is 19.1 Å². The number of nitrogens with one attached hydrogen (secondary N) is 1. The summed E-state index contributed by atoms with van der Waals surface area (Å²) in [5.74, 6) is 0.0319. The molecule has 0 aliphatic carbocycles. The lowest BCUT2D eigenvalue weighted by atomic mass is 9.85. The molecule has 0 unspecified atom stereocenters. The van der Waals surface area contributed by atoms with Gasteiger partial charge in [-0.05, 0) is 44.7 Å². The van der Waals surface area contributed by atoms with E-state index in [1.807, 2.05) is 42.2 Å². The average molecular weight is 501 g/mol. The zero-order valence-corrected chi connectivity index (χ0v) is 22.2. The third-order valence-electron chi connectivity index (χ3n) is 7.35. The first-order valence-electron chi connectivity index (χ1n) is 13.8. The highest BCUT2D eigenvalue weighted by atomic mass is 16.5. The maximum absolute atomic E-state index is 13.7. The van der Waals surface area contributed by atoms with Crippen molar-refractivity contribution in [2.24, 2.45) is 0 Å². The van der Waals surface area contributed by atoms with Crippen LogP contribution in [0.25, 0.3) is 0 Å². The molecule has 36 heavy (non-hydrogen) atoms. The SMILES string of the molecule is CCCCCCCC(=O)N1CCC2(CC1)C(=O)N(CC(=O)NCCCOCC)CN2c1ccccc1. The monoisotopic (exact) mass is 500 g/mol. The van der Waals surface area contributed by atoms with E-state index >= 15 is 0 Å². The van der Waals surface area contributed by atoms with E-state index in [1.165, 1.54) is 19.3 Å². The predicted molar refractivity (Wildman–Crippen MR) is 142 cm³/mol. The van der Waals surface area contributed by atoms with E-state index in [1.54, 1.807) is 4.90 Å². The van der Waals surface area contributed by atoms with E-state index in [4.69, 9.17) is 4.74 Å².